The lowest BCUT2D eigenvalue weighted by Gasteiger charge is -2.09. The van der Waals surface area contributed by atoms with Crippen LogP contribution in [0.3, 0.4) is 0 Å². The van der Waals surface area contributed by atoms with Crippen molar-refractivity contribution in [2.75, 3.05) is 11.9 Å². The molecule has 1 aliphatic heterocycles. The van der Waals surface area contributed by atoms with Gasteiger partial charge in [-0.05, 0) is 30.3 Å². The molecule has 0 saturated carbocycles. The van der Waals surface area contributed by atoms with Crippen LogP contribution >= 0.6 is 11.6 Å². The Morgan fingerprint density at radius 2 is 1.69 bits per heavy atom. The Morgan fingerprint density at radius 1 is 0.966 bits per heavy atom. The first-order chi connectivity index (χ1) is 14.2. The van der Waals surface area contributed by atoms with Gasteiger partial charge in [0.1, 0.15) is 6.54 Å². The molecule has 1 amide bonds. The topological polar surface area (TPSA) is 75.1 Å². The number of fused-ring (bicyclic) bond motifs is 1. The summed E-state index contributed by atoms with van der Waals surface area (Å²) in [5.74, 6) is 0.405. The molecule has 0 unspecified atom stereocenters. The lowest BCUT2D eigenvalue weighted by atomic mass is 10.0. The van der Waals surface area contributed by atoms with Crippen LogP contribution in [0.5, 0.6) is 0 Å². The number of hydrogen-bond donors (Lipinski definition) is 2. The first kappa shape index (κ1) is 18.7. The summed E-state index contributed by atoms with van der Waals surface area (Å²) in [7, 11) is 0. The quantitative estimate of drug-likeness (QED) is 0.592. The van der Waals surface area contributed by atoms with Crippen LogP contribution in [0.15, 0.2) is 88.8 Å². The average molecular weight is 405 g/mol. The zero-order chi connectivity index (χ0) is 20.1. The predicted octanol–water partition coefficient (Wildman–Crippen LogP) is 4.97. The maximum absolute atomic E-state index is 12.0. The molecular weight excluding hydrogens is 388 g/mol. The molecule has 29 heavy (non-hydrogen) atoms. The Kier molecular flexibility index (Phi) is 5.54. The van der Waals surface area contributed by atoms with Crippen molar-refractivity contribution in [1.82, 2.24) is 5.48 Å². The normalized spacial score (nSPS) is 12.7. The fourth-order valence-corrected chi connectivity index (χ4v) is 3.06. The Hall–Kier alpha value is -3.64. The number of para-hydroxylation sites is 1. The lowest BCUT2D eigenvalue weighted by molar-refractivity contribution is 0.134. The molecule has 3 aromatic rings. The summed E-state index contributed by atoms with van der Waals surface area (Å²) in [6.45, 7) is 0.217. The Morgan fingerprint density at radius 3 is 2.45 bits per heavy atom. The van der Waals surface area contributed by atoms with E-state index in [0.717, 1.165) is 16.8 Å². The highest BCUT2D eigenvalue weighted by Crippen LogP contribution is 2.28. The van der Waals surface area contributed by atoms with Crippen molar-refractivity contribution < 1.29 is 9.63 Å². The largest absolute Gasteiger partial charge is 0.435 e. The van der Waals surface area contributed by atoms with Crippen molar-refractivity contribution in [2.24, 2.45) is 9.98 Å². The number of halogens is 1. The van der Waals surface area contributed by atoms with Gasteiger partial charge in [-0.3, -0.25) is 10.3 Å². The summed E-state index contributed by atoms with van der Waals surface area (Å²) in [6, 6.07) is 24.2. The SMILES string of the molecule is O=C(Nc1ccccc1)ONC1=Nc2ccc(Cl)cc2C(c2ccccc2)=NC1. The molecular formula is C22H17ClN4O2. The van der Waals surface area contributed by atoms with Crippen LogP contribution in [0.25, 0.3) is 0 Å². The number of anilines is 1. The van der Waals surface area contributed by atoms with Gasteiger partial charge >= 0.3 is 6.09 Å². The van der Waals surface area contributed by atoms with Gasteiger partial charge in [0.25, 0.3) is 0 Å². The summed E-state index contributed by atoms with van der Waals surface area (Å²) < 4.78 is 0. The molecule has 0 bridgehead atoms. The number of amides is 1. The predicted molar refractivity (Wildman–Crippen MR) is 115 cm³/mol. The molecule has 1 aliphatic rings. The zero-order valence-corrected chi connectivity index (χ0v) is 16.1. The molecule has 0 radical (unpaired) electrons. The standard InChI is InChI=1S/C22H17ClN4O2/c23-16-11-12-19-18(13-16)21(15-7-3-1-4-8-15)24-14-20(26-19)27-29-22(28)25-17-9-5-2-6-10-17/h1-13H,14H2,(H,25,28)(H,26,27). The van der Waals surface area contributed by atoms with Crippen LogP contribution in [-0.2, 0) is 4.84 Å². The van der Waals surface area contributed by atoms with E-state index in [1.807, 2.05) is 60.7 Å². The fourth-order valence-electron chi connectivity index (χ4n) is 2.88. The summed E-state index contributed by atoms with van der Waals surface area (Å²) in [5, 5.41) is 3.22. The van der Waals surface area contributed by atoms with E-state index in [9.17, 15) is 4.79 Å². The summed E-state index contributed by atoms with van der Waals surface area (Å²) in [6.07, 6.45) is -0.647. The smallest absolute Gasteiger partial charge is 0.323 e. The summed E-state index contributed by atoms with van der Waals surface area (Å²) >= 11 is 6.20. The Balaban J connectivity index is 1.54. The van der Waals surface area contributed by atoms with Crippen LogP contribution in [0.2, 0.25) is 5.02 Å². The molecule has 6 nitrogen and oxygen atoms in total. The van der Waals surface area contributed by atoms with E-state index < -0.39 is 6.09 Å². The fraction of sp³-hybridized carbons (Fsp3) is 0.0455. The molecule has 1 heterocycles. The van der Waals surface area contributed by atoms with Crippen LogP contribution in [0.4, 0.5) is 16.2 Å². The average Bonchev–Trinajstić information content (AvgIpc) is 2.92. The summed E-state index contributed by atoms with van der Waals surface area (Å²) in [5.41, 5.74) is 6.47. The van der Waals surface area contributed by atoms with Crippen molar-refractivity contribution in [3.8, 4) is 0 Å². The molecule has 0 aliphatic carbocycles. The molecule has 7 heteroatoms. The Bertz CT molecular complexity index is 1080. The van der Waals surface area contributed by atoms with Gasteiger partial charge in [-0.2, -0.15) is 0 Å². The van der Waals surface area contributed by atoms with Crippen LogP contribution in [0.1, 0.15) is 11.1 Å². The highest BCUT2D eigenvalue weighted by atomic mass is 35.5. The molecule has 0 fully saturated rings. The third kappa shape index (κ3) is 4.62. The van der Waals surface area contributed by atoms with Crippen molar-refractivity contribution in [3.05, 3.63) is 95.0 Å². The number of hydrogen-bond acceptors (Lipinski definition) is 5. The van der Waals surface area contributed by atoms with Gasteiger partial charge in [0.05, 0.1) is 11.4 Å². The molecule has 3 aromatic carbocycles. The van der Waals surface area contributed by atoms with E-state index in [1.54, 1.807) is 18.2 Å². The third-order valence-corrected chi connectivity index (χ3v) is 4.42. The first-order valence-corrected chi connectivity index (χ1v) is 9.33. The number of hydroxylamine groups is 1. The second-order valence-corrected chi connectivity index (χ2v) is 6.67. The van der Waals surface area contributed by atoms with Gasteiger partial charge in [-0.1, -0.05) is 60.1 Å². The number of carbonyl (C=O) groups is 1. The van der Waals surface area contributed by atoms with Crippen molar-refractivity contribution in [3.63, 3.8) is 0 Å². The number of carbonyl (C=O) groups excluding carboxylic acids is 1. The number of rotatable bonds is 2. The van der Waals surface area contributed by atoms with Crippen molar-refractivity contribution in [2.45, 2.75) is 0 Å². The molecule has 0 atom stereocenters. The van der Waals surface area contributed by atoms with Gasteiger partial charge < -0.3 is 4.84 Å². The second-order valence-electron chi connectivity index (χ2n) is 6.23. The lowest BCUT2D eigenvalue weighted by Crippen LogP contribution is -2.31. The molecule has 2 N–H and O–H groups in total. The highest BCUT2D eigenvalue weighted by molar-refractivity contribution is 6.31. The maximum atomic E-state index is 12.0. The third-order valence-electron chi connectivity index (χ3n) is 4.19. The second kappa shape index (κ2) is 8.58. The molecule has 0 aromatic heterocycles. The van der Waals surface area contributed by atoms with E-state index >= 15 is 0 Å². The number of aliphatic imine (C=N–C) groups is 2. The van der Waals surface area contributed by atoms with Gasteiger partial charge in [0.2, 0.25) is 0 Å². The van der Waals surface area contributed by atoms with Crippen LogP contribution in [-0.4, -0.2) is 24.2 Å². The number of benzene rings is 3. The minimum atomic E-state index is -0.647. The van der Waals surface area contributed by atoms with Gasteiger partial charge in [-0.15, -0.1) is 0 Å². The molecule has 4 rings (SSSR count). The first-order valence-electron chi connectivity index (χ1n) is 8.95. The van der Waals surface area contributed by atoms with E-state index in [1.165, 1.54) is 0 Å². The molecule has 144 valence electrons. The van der Waals surface area contributed by atoms with Crippen molar-refractivity contribution in [1.29, 1.82) is 0 Å². The highest BCUT2D eigenvalue weighted by Gasteiger charge is 2.17. The molecule has 0 spiro atoms. The van der Waals surface area contributed by atoms with E-state index in [0.29, 0.717) is 22.2 Å². The van der Waals surface area contributed by atoms with E-state index in [4.69, 9.17) is 16.4 Å². The van der Waals surface area contributed by atoms with E-state index in [-0.39, 0.29) is 6.54 Å². The van der Waals surface area contributed by atoms with Crippen molar-refractivity contribution >= 4 is 40.6 Å². The van der Waals surface area contributed by atoms with E-state index in [2.05, 4.69) is 20.8 Å². The minimum Gasteiger partial charge on any atom is -0.323 e. The number of nitrogens with zero attached hydrogens (tertiary/aromatic N) is 2. The van der Waals surface area contributed by atoms with Gasteiger partial charge in [0.15, 0.2) is 5.84 Å². The number of nitrogens with one attached hydrogen (secondary N) is 2. The monoisotopic (exact) mass is 404 g/mol. The van der Waals surface area contributed by atoms with Crippen LogP contribution < -0.4 is 10.8 Å². The Labute approximate surface area is 172 Å². The minimum absolute atomic E-state index is 0.217. The summed E-state index contributed by atoms with van der Waals surface area (Å²) in [4.78, 5) is 26.3. The molecule has 0 saturated heterocycles. The van der Waals surface area contributed by atoms with Crippen LogP contribution in [0, 0.1) is 0 Å². The maximum Gasteiger partial charge on any atom is 0.435 e. The zero-order valence-electron chi connectivity index (χ0n) is 15.3. The van der Waals surface area contributed by atoms with Gasteiger partial charge in [-0.25, -0.2) is 15.3 Å². The number of amidine groups is 1. The van der Waals surface area contributed by atoms with Gasteiger partial charge in [0, 0.05) is 21.8 Å².